The topological polar surface area (TPSA) is 68.6 Å². The van der Waals surface area contributed by atoms with Gasteiger partial charge in [0.05, 0.1) is 31.1 Å². The van der Waals surface area contributed by atoms with E-state index >= 15 is 4.39 Å². The lowest BCUT2D eigenvalue weighted by atomic mass is 9.91. The predicted molar refractivity (Wildman–Crippen MR) is 120 cm³/mol. The smallest absolute Gasteiger partial charge is 0.414 e. The highest BCUT2D eigenvalue weighted by Gasteiger charge is 2.36. The lowest BCUT2D eigenvalue weighted by Crippen LogP contribution is -2.43. The number of methoxy groups -OCH3 is 1. The number of aromatic nitrogens is 2. The molecule has 2 aromatic rings. The Labute approximate surface area is 187 Å². The minimum atomic E-state index is -0.543. The van der Waals surface area contributed by atoms with E-state index in [0.29, 0.717) is 29.5 Å². The molecule has 1 saturated carbocycles. The summed E-state index contributed by atoms with van der Waals surface area (Å²) in [7, 11) is 1.33. The number of anilines is 1. The maximum Gasteiger partial charge on any atom is 0.414 e. The first-order valence-corrected chi connectivity index (χ1v) is 11.7. The molecule has 32 heavy (non-hydrogen) atoms. The van der Waals surface area contributed by atoms with E-state index in [9.17, 15) is 4.79 Å². The number of nitrogens with zero attached hydrogens (tertiary/aromatic N) is 3. The Balaban J connectivity index is 1.59. The molecule has 1 N–H and O–H groups in total. The molecular formula is C24H31FN4O3. The van der Waals surface area contributed by atoms with Gasteiger partial charge < -0.3 is 14.8 Å². The van der Waals surface area contributed by atoms with Crippen molar-refractivity contribution in [3.05, 3.63) is 29.8 Å². The Morgan fingerprint density at radius 1 is 1.22 bits per heavy atom. The van der Waals surface area contributed by atoms with Crippen molar-refractivity contribution in [2.75, 3.05) is 25.1 Å². The molecule has 172 valence electrons. The normalized spacial score (nSPS) is 21.7. The van der Waals surface area contributed by atoms with Gasteiger partial charge in [0.2, 0.25) is 0 Å². The molecule has 1 aliphatic carbocycles. The number of hydrogen-bond donors (Lipinski definition) is 1. The second kappa shape index (κ2) is 8.73. The summed E-state index contributed by atoms with van der Waals surface area (Å²) < 4.78 is 29.0. The average Bonchev–Trinajstić information content (AvgIpc) is 3.27. The van der Waals surface area contributed by atoms with Crippen LogP contribution in [-0.2, 0) is 11.2 Å². The van der Waals surface area contributed by atoms with Gasteiger partial charge in [0.25, 0.3) is 0 Å². The van der Waals surface area contributed by atoms with Crippen molar-refractivity contribution in [1.82, 2.24) is 15.1 Å². The van der Waals surface area contributed by atoms with Crippen LogP contribution in [0.15, 0.2) is 18.5 Å². The second-order valence-corrected chi connectivity index (χ2v) is 9.15. The molecule has 0 spiro atoms. The highest BCUT2D eigenvalue weighted by Crippen LogP contribution is 2.46. The van der Waals surface area contributed by atoms with Gasteiger partial charge in [-0.05, 0) is 71.0 Å². The molecule has 3 heterocycles. The third-order valence-electron chi connectivity index (χ3n) is 7.10. The molecule has 1 saturated heterocycles. The third kappa shape index (κ3) is 3.74. The zero-order valence-electron chi connectivity index (χ0n) is 18.8. The van der Waals surface area contributed by atoms with E-state index in [0.717, 1.165) is 62.7 Å². The number of carbonyl (C=O) groups excluding carboxylic acids is 1. The van der Waals surface area contributed by atoms with E-state index in [1.165, 1.54) is 18.1 Å². The van der Waals surface area contributed by atoms with Crippen LogP contribution in [0.1, 0.15) is 57.1 Å². The summed E-state index contributed by atoms with van der Waals surface area (Å²) in [5, 5.41) is 7.98. The van der Waals surface area contributed by atoms with Gasteiger partial charge in [0.15, 0.2) is 0 Å². The molecule has 0 radical (unpaired) electrons. The largest absolute Gasteiger partial charge is 0.489 e. The molecule has 0 bridgehead atoms. The maximum atomic E-state index is 15.6. The molecule has 1 unspecified atom stereocenters. The fourth-order valence-electron chi connectivity index (χ4n) is 4.99. The van der Waals surface area contributed by atoms with Crippen LogP contribution in [0.4, 0.5) is 14.9 Å². The molecule has 5 rings (SSSR count). The van der Waals surface area contributed by atoms with Crippen LogP contribution in [0.2, 0.25) is 0 Å². The van der Waals surface area contributed by atoms with Crippen LogP contribution in [0.3, 0.4) is 0 Å². The monoisotopic (exact) mass is 442 g/mol. The number of amides is 1. The molecule has 2 aliphatic heterocycles. The van der Waals surface area contributed by atoms with Crippen LogP contribution in [0.5, 0.6) is 5.75 Å². The summed E-state index contributed by atoms with van der Waals surface area (Å²) in [6.45, 7) is 3.87. The van der Waals surface area contributed by atoms with Crippen molar-refractivity contribution in [3.8, 4) is 16.9 Å². The average molecular weight is 443 g/mol. The number of benzene rings is 1. The number of nitrogens with one attached hydrogen (secondary N) is 1. The number of rotatable bonds is 4. The number of hydrogen-bond acceptors (Lipinski definition) is 5. The molecule has 7 nitrogen and oxygen atoms in total. The first-order chi connectivity index (χ1) is 15.6. The van der Waals surface area contributed by atoms with Gasteiger partial charge in [-0.15, -0.1) is 0 Å². The molecule has 1 amide bonds. The molecule has 1 aromatic heterocycles. The Kier molecular flexibility index (Phi) is 5.80. The molecule has 8 heteroatoms. The number of fused-ring (bicyclic) bond motifs is 1. The van der Waals surface area contributed by atoms with Crippen molar-refractivity contribution >= 4 is 11.8 Å². The Morgan fingerprint density at radius 2 is 2.00 bits per heavy atom. The molecule has 1 atom stereocenters. The van der Waals surface area contributed by atoms with Gasteiger partial charge in [-0.1, -0.05) is 0 Å². The lowest BCUT2D eigenvalue weighted by Gasteiger charge is -2.37. The van der Waals surface area contributed by atoms with Crippen molar-refractivity contribution in [2.24, 2.45) is 0 Å². The van der Waals surface area contributed by atoms with E-state index < -0.39 is 11.9 Å². The highest BCUT2D eigenvalue weighted by atomic mass is 19.1. The van der Waals surface area contributed by atoms with Crippen LogP contribution >= 0.6 is 0 Å². The first kappa shape index (κ1) is 21.2. The minimum Gasteiger partial charge on any atom is -0.489 e. The van der Waals surface area contributed by atoms with E-state index in [1.54, 1.807) is 6.20 Å². The third-order valence-corrected chi connectivity index (χ3v) is 7.10. The first-order valence-electron chi connectivity index (χ1n) is 11.7. The molecule has 2 fully saturated rings. The summed E-state index contributed by atoms with van der Waals surface area (Å²) in [6, 6.07) is 1.71. The van der Waals surface area contributed by atoms with E-state index in [1.807, 2.05) is 17.8 Å². The summed E-state index contributed by atoms with van der Waals surface area (Å²) in [6.07, 6.45) is 9.96. The Morgan fingerprint density at radius 3 is 2.69 bits per heavy atom. The van der Waals surface area contributed by atoms with Crippen LogP contribution < -0.4 is 15.0 Å². The Hall–Kier alpha value is -2.61. The van der Waals surface area contributed by atoms with E-state index in [2.05, 4.69) is 10.4 Å². The number of carbonyl (C=O) groups is 1. The maximum absolute atomic E-state index is 15.6. The standard InChI is InChI=1S/C24H31FN4O3/c1-15-6-7-19-22(29(15)24(30)31-2)21(25)12-20(23(19)32-18-4-3-5-18)16-13-27-28(14-16)17-8-10-26-11-9-17/h12-15,17-18,26H,3-11H2,1-2H3. The quantitative estimate of drug-likeness (QED) is 0.758. The Bertz CT molecular complexity index is 997. The van der Waals surface area contributed by atoms with E-state index in [4.69, 9.17) is 9.47 Å². The van der Waals surface area contributed by atoms with Crippen LogP contribution in [0.25, 0.3) is 11.1 Å². The summed E-state index contributed by atoms with van der Waals surface area (Å²) in [5.74, 6) is 0.263. The fourth-order valence-corrected chi connectivity index (χ4v) is 4.99. The summed E-state index contributed by atoms with van der Waals surface area (Å²) >= 11 is 0. The van der Waals surface area contributed by atoms with Gasteiger partial charge in [0, 0.05) is 28.9 Å². The molecular weight excluding hydrogens is 411 g/mol. The summed E-state index contributed by atoms with van der Waals surface area (Å²) in [5.41, 5.74) is 2.61. The number of halogens is 1. The van der Waals surface area contributed by atoms with Gasteiger partial charge in [-0.3, -0.25) is 9.58 Å². The molecule has 1 aromatic carbocycles. The number of piperidine rings is 1. The zero-order valence-corrected chi connectivity index (χ0v) is 18.8. The van der Waals surface area contributed by atoms with Gasteiger partial charge in [-0.2, -0.15) is 5.10 Å². The highest BCUT2D eigenvalue weighted by molar-refractivity contribution is 5.92. The van der Waals surface area contributed by atoms with Gasteiger partial charge >= 0.3 is 6.09 Å². The summed E-state index contributed by atoms with van der Waals surface area (Å²) in [4.78, 5) is 13.9. The zero-order chi connectivity index (χ0) is 22.2. The van der Waals surface area contributed by atoms with Crippen molar-refractivity contribution in [3.63, 3.8) is 0 Å². The van der Waals surface area contributed by atoms with E-state index in [-0.39, 0.29) is 12.1 Å². The second-order valence-electron chi connectivity index (χ2n) is 9.15. The van der Waals surface area contributed by atoms with Crippen molar-refractivity contribution < 1.29 is 18.7 Å². The van der Waals surface area contributed by atoms with Gasteiger partial charge in [0.1, 0.15) is 11.6 Å². The SMILES string of the molecule is COC(=O)N1c2c(F)cc(-c3cnn(C4CCNCC4)c3)c(OC3CCC3)c2CCC1C. The minimum absolute atomic E-state index is 0.133. The van der Waals surface area contributed by atoms with Crippen molar-refractivity contribution in [1.29, 1.82) is 0 Å². The van der Waals surface area contributed by atoms with Crippen LogP contribution in [-0.4, -0.2) is 48.2 Å². The van der Waals surface area contributed by atoms with Crippen molar-refractivity contribution in [2.45, 2.75) is 70.1 Å². The van der Waals surface area contributed by atoms with Gasteiger partial charge in [-0.25, -0.2) is 9.18 Å². The van der Waals surface area contributed by atoms with Crippen LogP contribution in [0, 0.1) is 5.82 Å². The predicted octanol–water partition coefficient (Wildman–Crippen LogP) is 4.45. The lowest BCUT2D eigenvalue weighted by molar-refractivity contribution is 0.119. The molecule has 3 aliphatic rings. The fraction of sp³-hybridized carbons (Fsp3) is 0.583. The number of ether oxygens (including phenoxy) is 2.